The highest BCUT2D eigenvalue weighted by atomic mass is 31.2. The fourth-order valence-corrected chi connectivity index (χ4v) is 3.49. The topological polar surface area (TPSA) is 87.0 Å². The van der Waals surface area contributed by atoms with Gasteiger partial charge in [0.25, 0.3) is 0 Å². The first-order valence-electron chi connectivity index (χ1n) is 7.72. The molecule has 0 radical (unpaired) electrons. The predicted molar refractivity (Wildman–Crippen MR) is 92.1 cm³/mol. The molecule has 5 nitrogen and oxygen atoms in total. The van der Waals surface area contributed by atoms with Crippen LogP contribution in [0.4, 0.5) is 0 Å². The van der Waals surface area contributed by atoms with Crippen molar-refractivity contribution in [2.75, 3.05) is 13.2 Å². The van der Waals surface area contributed by atoms with E-state index in [0.717, 1.165) is 11.1 Å². The van der Waals surface area contributed by atoms with Crippen LogP contribution >= 0.6 is 7.60 Å². The van der Waals surface area contributed by atoms with Gasteiger partial charge in [-0.1, -0.05) is 53.7 Å². The molecular weight excluding hydrogens is 315 g/mol. The van der Waals surface area contributed by atoms with Crippen LogP contribution in [-0.4, -0.2) is 28.3 Å². The average molecular weight is 344 g/mol. The molecule has 0 aliphatic carbocycles. The highest BCUT2D eigenvalue weighted by molar-refractivity contribution is 7.51. The molecule has 6 heteroatoms. The third-order valence-corrected chi connectivity index (χ3v) is 4.90. The van der Waals surface area contributed by atoms with Gasteiger partial charge >= 0.3 is 7.60 Å². The van der Waals surface area contributed by atoms with E-state index < -0.39 is 7.60 Å². The first-order chi connectivity index (χ1) is 10.3. The standard InChI is InChI=1S/C17H29O5P/c1-16(2,3)13-9-12(11-23(20,21)22-8-7-18)10-14(15(13)19)17(4,5)6/h9-10,18-19H,7-8,11H2,1-6H3,(H,20,21). The minimum Gasteiger partial charge on any atom is -0.507 e. The normalized spacial score (nSPS) is 15.5. The molecule has 0 aromatic heterocycles. The molecule has 132 valence electrons. The van der Waals surface area contributed by atoms with Crippen molar-refractivity contribution >= 4 is 7.60 Å². The molecule has 0 aliphatic heterocycles. The number of aliphatic hydroxyl groups is 1. The van der Waals surface area contributed by atoms with E-state index in [9.17, 15) is 14.6 Å². The van der Waals surface area contributed by atoms with Gasteiger partial charge in [-0.15, -0.1) is 0 Å². The molecule has 0 amide bonds. The molecule has 3 N–H and O–H groups in total. The molecule has 1 aromatic rings. The highest BCUT2D eigenvalue weighted by Crippen LogP contribution is 2.48. The van der Waals surface area contributed by atoms with Crippen molar-refractivity contribution in [1.29, 1.82) is 0 Å². The van der Waals surface area contributed by atoms with Crippen LogP contribution in [0.3, 0.4) is 0 Å². The molecule has 0 spiro atoms. The van der Waals surface area contributed by atoms with Gasteiger partial charge in [-0.25, -0.2) is 0 Å². The van der Waals surface area contributed by atoms with E-state index in [2.05, 4.69) is 0 Å². The van der Waals surface area contributed by atoms with Gasteiger partial charge in [-0.2, -0.15) is 0 Å². The summed E-state index contributed by atoms with van der Waals surface area (Å²) >= 11 is 0. The maximum absolute atomic E-state index is 12.1. The van der Waals surface area contributed by atoms with Crippen molar-refractivity contribution < 1.29 is 24.2 Å². The first-order valence-corrected chi connectivity index (χ1v) is 9.48. The maximum Gasteiger partial charge on any atom is 0.332 e. The lowest BCUT2D eigenvalue weighted by molar-refractivity contribution is 0.182. The Bertz CT molecular complexity index is 561. The molecule has 0 saturated carbocycles. The van der Waals surface area contributed by atoms with Crippen LogP contribution in [0.15, 0.2) is 12.1 Å². The van der Waals surface area contributed by atoms with Crippen LogP contribution in [-0.2, 0) is 26.1 Å². The molecule has 0 bridgehead atoms. The van der Waals surface area contributed by atoms with Gasteiger partial charge in [0, 0.05) is 0 Å². The van der Waals surface area contributed by atoms with E-state index in [-0.39, 0.29) is 36.0 Å². The van der Waals surface area contributed by atoms with Crippen molar-refractivity contribution in [1.82, 2.24) is 0 Å². The van der Waals surface area contributed by atoms with Crippen molar-refractivity contribution in [3.8, 4) is 5.75 Å². The lowest BCUT2D eigenvalue weighted by Crippen LogP contribution is -2.18. The second kappa shape index (κ2) is 6.94. The van der Waals surface area contributed by atoms with Crippen molar-refractivity contribution in [2.24, 2.45) is 0 Å². The van der Waals surface area contributed by atoms with Crippen LogP contribution < -0.4 is 0 Å². The van der Waals surface area contributed by atoms with Crippen molar-refractivity contribution in [3.05, 3.63) is 28.8 Å². The average Bonchev–Trinajstić information content (AvgIpc) is 2.35. The lowest BCUT2D eigenvalue weighted by atomic mass is 9.78. The van der Waals surface area contributed by atoms with E-state index >= 15 is 0 Å². The maximum atomic E-state index is 12.1. The molecular formula is C17H29O5P. The summed E-state index contributed by atoms with van der Waals surface area (Å²) in [6.07, 6.45) is -0.153. The number of phenols is 1. The van der Waals surface area contributed by atoms with Crippen LogP contribution in [0.25, 0.3) is 0 Å². The minimum atomic E-state index is -3.83. The quantitative estimate of drug-likeness (QED) is 0.709. The molecule has 0 aliphatic rings. The molecule has 0 fully saturated rings. The molecule has 0 heterocycles. The number of phenolic OH excluding ortho intramolecular Hbond substituents is 1. The SMILES string of the molecule is CC(C)(C)c1cc(CP(=O)(O)OCCO)cc(C(C)(C)C)c1O. The largest absolute Gasteiger partial charge is 0.507 e. The summed E-state index contributed by atoms with van der Waals surface area (Å²) in [6, 6.07) is 3.52. The number of hydrogen-bond donors (Lipinski definition) is 3. The van der Waals surface area contributed by atoms with Crippen LogP contribution in [0.2, 0.25) is 0 Å². The number of benzene rings is 1. The van der Waals surface area contributed by atoms with Crippen LogP contribution in [0, 0.1) is 0 Å². The predicted octanol–water partition coefficient (Wildman–Crippen LogP) is 3.68. The number of aromatic hydroxyl groups is 1. The van der Waals surface area contributed by atoms with E-state index in [4.69, 9.17) is 9.63 Å². The van der Waals surface area contributed by atoms with E-state index in [1.165, 1.54) is 0 Å². The van der Waals surface area contributed by atoms with Gasteiger partial charge < -0.3 is 19.6 Å². The van der Waals surface area contributed by atoms with Crippen LogP contribution in [0.1, 0.15) is 58.2 Å². The van der Waals surface area contributed by atoms with Gasteiger partial charge in [0.1, 0.15) is 5.75 Å². The van der Waals surface area contributed by atoms with Gasteiger partial charge in [-0.3, -0.25) is 4.57 Å². The number of hydrogen-bond acceptors (Lipinski definition) is 4. The smallest absolute Gasteiger partial charge is 0.332 e. The Morgan fingerprint density at radius 2 is 1.48 bits per heavy atom. The molecule has 1 aromatic carbocycles. The second-order valence-electron chi connectivity index (χ2n) is 7.89. The zero-order valence-corrected chi connectivity index (χ0v) is 15.8. The molecule has 1 rings (SSSR count). The summed E-state index contributed by atoms with van der Waals surface area (Å²) in [7, 11) is -3.83. The minimum absolute atomic E-state index is 0.153. The number of aliphatic hydroxyl groups excluding tert-OH is 1. The molecule has 1 unspecified atom stereocenters. The summed E-state index contributed by atoms with van der Waals surface area (Å²) in [6.45, 7) is 11.4. The van der Waals surface area contributed by atoms with Gasteiger partial charge in [0.2, 0.25) is 0 Å². The summed E-state index contributed by atoms with van der Waals surface area (Å²) < 4.78 is 17.0. The van der Waals surface area contributed by atoms with Crippen molar-refractivity contribution in [2.45, 2.75) is 58.5 Å². The summed E-state index contributed by atoms with van der Waals surface area (Å²) in [5.41, 5.74) is 1.52. The van der Waals surface area contributed by atoms with Crippen molar-refractivity contribution in [3.63, 3.8) is 0 Å². The Kier molecular flexibility index (Phi) is 6.09. The summed E-state index contributed by atoms with van der Waals surface area (Å²) in [5, 5.41) is 19.4. The van der Waals surface area contributed by atoms with E-state index in [1.54, 1.807) is 12.1 Å². The molecule has 0 saturated heterocycles. The third kappa shape index (κ3) is 5.61. The number of rotatable bonds is 5. The second-order valence-corrected chi connectivity index (χ2v) is 9.74. The Balaban J connectivity index is 3.37. The fourth-order valence-electron chi connectivity index (χ4n) is 2.39. The fraction of sp³-hybridized carbons (Fsp3) is 0.647. The molecule has 23 heavy (non-hydrogen) atoms. The monoisotopic (exact) mass is 344 g/mol. The first kappa shape index (κ1) is 20.2. The third-order valence-electron chi connectivity index (χ3n) is 3.55. The highest BCUT2D eigenvalue weighted by Gasteiger charge is 2.28. The van der Waals surface area contributed by atoms with Gasteiger partial charge in [-0.05, 0) is 27.5 Å². The van der Waals surface area contributed by atoms with Gasteiger partial charge in [0.05, 0.1) is 19.4 Å². The Hall–Kier alpha value is -0.870. The zero-order chi connectivity index (χ0) is 18.1. The Morgan fingerprint density at radius 1 is 1.04 bits per heavy atom. The van der Waals surface area contributed by atoms with Gasteiger partial charge in [0.15, 0.2) is 0 Å². The summed E-state index contributed by atoms with van der Waals surface area (Å²) in [5.74, 6) is 0.234. The Morgan fingerprint density at radius 3 is 1.83 bits per heavy atom. The lowest BCUT2D eigenvalue weighted by Gasteiger charge is -2.28. The van der Waals surface area contributed by atoms with Crippen LogP contribution in [0.5, 0.6) is 5.75 Å². The Labute approximate surface area is 138 Å². The zero-order valence-electron chi connectivity index (χ0n) is 14.9. The van der Waals surface area contributed by atoms with E-state index in [1.807, 2.05) is 41.5 Å². The molecule has 1 atom stereocenters. The van der Waals surface area contributed by atoms with E-state index in [0.29, 0.717) is 5.56 Å². The summed E-state index contributed by atoms with van der Waals surface area (Å²) in [4.78, 5) is 9.92.